The number of nitrogens with one attached hydrogen (secondary N) is 1. The molecule has 0 aliphatic heterocycles. The molecule has 0 aliphatic carbocycles. The van der Waals surface area contributed by atoms with Gasteiger partial charge in [0.05, 0.1) is 0 Å². The summed E-state index contributed by atoms with van der Waals surface area (Å²) in [6.07, 6.45) is 0.472. The molecular weight excluding hydrogens is 166 g/mol. The van der Waals surface area contributed by atoms with E-state index in [0.717, 1.165) is 12.2 Å². The van der Waals surface area contributed by atoms with Crippen molar-refractivity contribution in [2.24, 2.45) is 11.5 Å². The third-order valence-corrected chi connectivity index (χ3v) is 0.201. The first kappa shape index (κ1) is 16.4. The molecule has 68 valence electrons. The molecule has 0 aromatic rings. The van der Waals surface area contributed by atoms with Crippen LogP contribution in [0.4, 0.5) is 4.79 Å². The van der Waals surface area contributed by atoms with Gasteiger partial charge in [-0.05, 0) is 6.08 Å². The lowest BCUT2D eigenvalue weighted by atomic mass is 10.6. The highest BCUT2D eigenvalue weighted by atomic mass is 16.4. The van der Waals surface area contributed by atoms with Crippen LogP contribution in [0.25, 0.3) is 0 Å². The predicted molar refractivity (Wildman–Crippen MR) is 40.0 cm³/mol. The summed E-state index contributed by atoms with van der Waals surface area (Å²) in [5.74, 6) is -0.481. The van der Waals surface area contributed by atoms with Crippen molar-refractivity contribution < 1.29 is 19.5 Å². The van der Waals surface area contributed by atoms with Crippen molar-refractivity contribution in [1.82, 2.24) is 0 Å². The Bertz CT molecular complexity index is 179. The van der Waals surface area contributed by atoms with Crippen LogP contribution in [-0.2, 0) is 9.59 Å². The second-order valence-electron chi connectivity index (χ2n) is 1.05. The number of amides is 2. The van der Waals surface area contributed by atoms with E-state index < -0.39 is 12.0 Å². The summed E-state index contributed by atoms with van der Waals surface area (Å²) in [4.78, 5) is 26.6. The smallest absolute Gasteiger partial charge is 0.402 e. The van der Waals surface area contributed by atoms with Crippen LogP contribution >= 0.6 is 0 Å². The topological polar surface area (TPSA) is 147 Å². The van der Waals surface area contributed by atoms with E-state index in [9.17, 15) is 4.79 Å². The molecular formula is C5H9N3O4. The van der Waals surface area contributed by atoms with Gasteiger partial charge in [0.15, 0.2) is 0 Å². The maximum absolute atomic E-state index is 9.47. The molecule has 0 atom stereocenters. The molecule has 0 unspecified atom stereocenters. The molecule has 0 saturated heterocycles. The number of carbonyl (C=O) groups is 2. The van der Waals surface area contributed by atoms with Gasteiger partial charge in [-0.1, -0.05) is 6.58 Å². The van der Waals surface area contributed by atoms with E-state index in [0.29, 0.717) is 0 Å². The van der Waals surface area contributed by atoms with Gasteiger partial charge in [-0.15, -0.1) is 0 Å². The number of nitrogens with two attached hydrogens (primary N) is 2. The zero-order valence-corrected chi connectivity index (χ0v) is 6.11. The van der Waals surface area contributed by atoms with Crippen LogP contribution in [0.1, 0.15) is 0 Å². The van der Waals surface area contributed by atoms with E-state index in [4.69, 9.17) is 20.1 Å². The Hall–Kier alpha value is -2.14. The number of primary amides is 2. The normalized spacial score (nSPS) is 5.33. The summed E-state index contributed by atoms with van der Waals surface area (Å²) in [5, 5.41) is 12.6. The minimum atomic E-state index is -1.33. The van der Waals surface area contributed by atoms with Crippen LogP contribution in [0.2, 0.25) is 0 Å². The Morgan fingerprint density at radius 2 is 1.58 bits per heavy atom. The molecule has 0 aromatic carbocycles. The average Bonchev–Trinajstić information content (AvgIpc) is 1.88. The Morgan fingerprint density at radius 1 is 1.50 bits per heavy atom. The number of carboxylic acid groups (broad SMARTS) is 1. The van der Waals surface area contributed by atoms with Crippen molar-refractivity contribution >= 4 is 18.1 Å². The second kappa shape index (κ2) is 15.9. The van der Waals surface area contributed by atoms with E-state index >= 15 is 0 Å². The molecule has 0 saturated carbocycles. The van der Waals surface area contributed by atoms with Gasteiger partial charge in [0.1, 0.15) is 0 Å². The molecule has 6 N–H and O–H groups in total. The SMILES string of the molecule is C=CC(N)=O.N=C=O.NC(=O)O. The van der Waals surface area contributed by atoms with Crippen LogP contribution in [0.3, 0.4) is 0 Å². The monoisotopic (exact) mass is 175 g/mol. The van der Waals surface area contributed by atoms with E-state index in [2.05, 4.69) is 18.0 Å². The first-order valence-electron chi connectivity index (χ1n) is 2.36. The molecule has 0 aliphatic rings. The molecule has 0 heterocycles. The standard InChI is InChI=1S/C3H5NO.CH3NO2.CHNO/c1-2-3(4)5;2-1(3)4;2-1-3/h2H,1H2,(H2,4,5);2H2,(H,3,4);2H. The summed E-state index contributed by atoms with van der Waals surface area (Å²) < 4.78 is 0. The third kappa shape index (κ3) is 18900. The van der Waals surface area contributed by atoms with Gasteiger partial charge in [-0.3, -0.25) is 4.79 Å². The third-order valence-electron chi connectivity index (χ3n) is 0.201. The van der Waals surface area contributed by atoms with Crippen molar-refractivity contribution in [2.45, 2.75) is 0 Å². The Kier molecular flexibility index (Phi) is 21.8. The van der Waals surface area contributed by atoms with Gasteiger partial charge in [-0.25, -0.2) is 15.0 Å². The minimum absolute atomic E-state index is 0.481. The fourth-order valence-electron chi connectivity index (χ4n) is 0. The van der Waals surface area contributed by atoms with Crippen LogP contribution in [0, 0.1) is 5.41 Å². The van der Waals surface area contributed by atoms with E-state index in [-0.39, 0.29) is 0 Å². The summed E-state index contributed by atoms with van der Waals surface area (Å²) in [6.45, 7) is 3.09. The Labute approximate surface area is 68.2 Å². The van der Waals surface area contributed by atoms with Gasteiger partial charge in [0.2, 0.25) is 12.0 Å². The highest BCUT2D eigenvalue weighted by Crippen LogP contribution is 1.48. The van der Waals surface area contributed by atoms with Gasteiger partial charge < -0.3 is 16.6 Å². The molecule has 12 heavy (non-hydrogen) atoms. The van der Waals surface area contributed by atoms with Gasteiger partial charge >= 0.3 is 6.09 Å². The van der Waals surface area contributed by atoms with Crippen molar-refractivity contribution in [2.75, 3.05) is 0 Å². The molecule has 0 spiro atoms. The molecule has 0 rings (SSSR count). The van der Waals surface area contributed by atoms with Crippen molar-refractivity contribution in [3.63, 3.8) is 0 Å². The van der Waals surface area contributed by atoms with Crippen LogP contribution in [-0.4, -0.2) is 23.2 Å². The fourth-order valence-corrected chi connectivity index (χ4v) is 0. The Morgan fingerprint density at radius 3 is 1.58 bits per heavy atom. The molecule has 7 heteroatoms. The minimum Gasteiger partial charge on any atom is -0.465 e. The number of rotatable bonds is 1. The van der Waals surface area contributed by atoms with E-state index in [1.165, 1.54) is 0 Å². The molecule has 7 nitrogen and oxygen atoms in total. The highest BCUT2D eigenvalue weighted by molar-refractivity contribution is 5.84. The van der Waals surface area contributed by atoms with Crippen LogP contribution in [0.15, 0.2) is 12.7 Å². The summed E-state index contributed by atoms with van der Waals surface area (Å²) in [5.41, 5.74) is 8.56. The molecule has 0 fully saturated rings. The lowest BCUT2D eigenvalue weighted by Crippen LogP contribution is -2.04. The average molecular weight is 175 g/mol. The van der Waals surface area contributed by atoms with Crippen LogP contribution in [0.5, 0.6) is 0 Å². The van der Waals surface area contributed by atoms with E-state index in [1.807, 2.05) is 0 Å². The van der Waals surface area contributed by atoms with Gasteiger partial charge in [-0.2, -0.15) is 0 Å². The van der Waals surface area contributed by atoms with Gasteiger partial charge in [0.25, 0.3) is 0 Å². The molecule has 2 amide bonds. The van der Waals surface area contributed by atoms with E-state index in [1.54, 1.807) is 0 Å². The zero-order valence-electron chi connectivity index (χ0n) is 6.11. The Balaban J connectivity index is -0.000000105. The second-order valence-corrected chi connectivity index (χ2v) is 1.05. The maximum Gasteiger partial charge on any atom is 0.402 e. The molecule has 0 radical (unpaired) electrons. The van der Waals surface area contributed by atoms with Crippen molar-refractivity contribution in [3.05, 3.63) is 12.7 Å². The summed E-state index contributed by atoms with van der Waals surface area (Å²) >= 11 is 0. The van der Waals surface area contributed by atoms with Crippen LogP contribution < -0.4 is 11.5 Å². The molecule has 0 aromatic heterocycles. The number of carbonyl (C=O) groups excluding carboxylic acids is 2. The highest BCUT2D eigenvalue weighted by Gasteiger charge is 1.69. The summed E-state index contributed by atoms with van der Waals surface area (Å²) in [6, 6.07) is 0. The maximum atomic E-state index is 9.47. The zero-order chi connectivity index (χ0) is 10.6. The molecule has 0 bridgehead atoms. The number of hydrogen-bond donors (Lipinski definition) is 4. The largest absolute Gasteiger partial charge is 0.465 e. The van der Waals surface area contributed by atoms with Gasteiger partial charge in [0, 0.05) is 0 Å². The first-order chi connectivity index (χ1) is 5.42. The predicted octanol–water partition coefficient (Wildman–Crippen LogP) is -0.818. The number of isocyanates is 1. The lowest BCUT2D eigenvalue weighted by molar-refractivity contribution is -0.113. The quantitative estimate of drug-likeness (QED) is 0.234. The lowest BCUT2D eigenvalue weighted by Gasteiger charge is -1.65. The first-order valence-corrected chi connectivity index (χ1v) is 2.36. The van der Waals surface area contributed by atoms with Crippen molar-refractivity contribution in [1.29, 1.82) is 5.41 Å². The van der Waals surface area contributed by atoms with Crippen molar-refractivity contribution in [3.8, 4) is 0 Å². The fraction of sp³-hybridized carbons (Fsp3) is 0. The number of hydrogen-bond acceptors (Lipinski definition) is 4. The summed E-state index contributed by atoms with van der Waals surface area (Å²) in [7, 11) is 0.